The van der Waals surface area contributed by atoms with Gasteiger partial charge in [-0.1, -0.05) is 18.2 Å². The van der Waals surface area contributed by atoms with Crippen LogP contribution in [0.2, 0.25) is 0 Å². The predicted octanol–water partition coefficient (Wildman–Crippen LogP) is 2.53. The Bertz CT molecular complexity index is 774. The third-order valence-corrected chi connectivity index (χ3v) is 3.29. The van der Waals surface area contributed by atoms with Gasteiger partial charge in [-0.15, -0.1) is 0 Å². The summed E-state index contributed by atoms with van der Waals surface area (Å²) in [6.07, 6.45) is 0.502. The highest BCUT2D eigenvalue weighted by Crippen LogP contribution is 2.11. The molecule has 0 aliphatic carbocycles. The Hall–Kier alpha value is -3.42. The zero-order chi connectivity index (χ0) is 18.9. The molecule has 8 heteroatoms. The van der Waals surface area contributed by atoms with Crippen molar-refractivity contribution in [1.29, 1.82) is 0 Å². The second-order valence-corrected chi connectivity index (χ2v) is 5.43. The fourth-order valence-electron chi connectivity index (χ4n) is 2.17. The first kappa shape index (κ1) is 18.9. The molecule has 0 spiro atoms. The third kappa shape index (κ3) is 6.23. The summed E-state index contributed by atoms with van der Waals surface area (Å²) in [5.41, 5.74) is 0.435. The zero-order valence-corrected chi connectivity index (χ0v) is 14.1. The molecule has 0 aromatic heterocycles. The number of carbonyl (C=O) groups excluding carboxylic acids is 1. The maximum absolute atomic E-state index is 12.1. The number of para-hydroxylation sites is 1. The van der Waals surface area contributed by atoms with Crippen molar-refractivity contribution in [3.63, 3.8) is 0 Å². The minimum atomic E-state index is -0.764. The summed E-state index contributed by atoms with van der Waals surface area (Å²) in [6, 6.07) is 14.5. The average Bonchev–Trinajstić information content (AvgIpc) is 2.60. The molecule has 136 valence electrons. The maximum atomic E-state index is 12.1. The average molecular weight is 358 g/mol. The highest BCUT2D eigenvalue weighted by atomic mass is 16.6. The first-order valence-electron chi connectivity index (χ1n) is 7.82. The fraction of sp³-hybridized carbons (Fsp3) is 0.222. The van der Waals surface area contributed by atoms with Crippen molar-refractivity contribution in [2.45, 2.75) is 13.0 Å². The number of ether oxygens (including phenoxy) is 2. The molecule has 0 saturated carbocycles. The summed E-state index contributed by atoms with van der Waals surface area (Å²) in [6.45, 7) is 1.14. The number of nitrogens with zero attached hydrogens (tertiary/aromatic N) is 2. The number of nitro benzene ring substituents is 1. The Labute approximate surface area is 150 Å². The Morgan fingerprint density at radius 3 is 2.35 bits per heavy atom. The van der Waals surface area contributed by atoms with Crippen LogP contribution in [0.15, 0.2) is 54.6 Å². The molecule has 1 atom stereocenters. The Morgan fingerprint density at radius 1 is 1.12 bits per heavy atom. The van der Waals surface area contributed by atoms with Crippen molar-refractivity contribution >= 4 is 17.9 Å². The van der Waals surface area contributed by atoms with Crippen LogP contribution in [0.5, 0.6) is 5.75 Å². The smallest absolute Gasteiger partial charge is 0.303 e. The highest BCUT2D eigenvalue weighted by molar-refractivity contribution is 5.76. The predicted molar refractivity (Wildman–Crippen MR) is 94.2 cm³/mol. The van der Waals surface area contributed by atoms with Gasteiger partial charge in [-0.25, -0.2) is 4.74 Å². The monoisotopic (exact) mass is 358 g/mol. The summed E-state index contributed by atoms with van der Waals surface area (Å²) in [5, 5.41) is 22.7. The molecule has 0 radical (unpaired) electrons. The van der Waals surface area contributed by atoms with E-state index in [9.17, 15) is 20.1 Å². The SMILES string of the molecule is CC(=O)O[C@@H](COc1ccccc1)C/[N+]([O-])=C/c1ccc([N+](=O)[O-])cc1. The molecule has 2 aromatic carbocycles. The van der Waals surface area contributed by atoms with E-state index in [0.717, 1.165) is 0 Å². The van der Waals surface area contributed by atoms with Crippen LogP contribution in [0.4, 0.5) is 5.69 Å². The lowest BCUT2D eigenvalue weighted by Gasteiger charge is -2.17. The molecule has 2 rings (SSSR count). The molecule has 0 fully saturated rings. The van der Waals surface area contributed by atoms with Crippen LogP contribution < -0.4 is 4.74 Å². The number of carbonyl (C=O) groups is 1. The standard InChI is InChI=1S/C18H18N2O6/c1-14(21)26-18(13-25-17-5-3-2-4-6-17)12-19(22)11-15-7-9-16(10-8-15)20(23)24/h2-11,18H,12-13H2,1H3/b19-11-/t18-/m1/s1. The molecule has 0 saturated heterocycles. The number of nitro groups is 1. The van der Waals surface area contributed by atoms with Crippen LogP contribution in [-0.2, 0) is 9.53 Å². The Balaban J connectivity index is 2.01. The molecule has 0 N–H and O–H groups in total. The number of hydrogen-bond donors (Lipinski definition) is 0. The molecule has 0 heterocycles. The van der Waals surface area contributed by atoms with Crippen LogP contribution in [0.1, 0.15) is 12.5 Å². The number of rotatable bonds is 8. The van der Waals surface area contributed by atoms with Crippen molar-refractivity contribution in [3.05, 3.63) is 75.5 Å². The van der Waals surface area contributed by atoms with E-state index in [1.54, 1.807) is 24.3 Å². The lowest BCUT2D eigenvalue weighted by Crippen LogP contribution is -2.32. The summed E-state index contributed by atoms with van der Waals surface area (Å²) < 4.78 is 11.2. The van der Waals surface area contributed by atoms with Crippen molar-refractivity contribution in [2.24, 2.45) is 0 Å². The van der Waals surface area contributed by atoms with Gasteiger partial charge in [0, 0.05) is 24.6 Å². The number of hydrogen-bond acceptors (Lipinski definition) is 6. The summed E-state index contributed by atoms with van der Waals surface area (Å²) in [4.78, 5) is 21.3. The van der Waals surface area contributed by atoms with Gasteiger partial charge in [0.2, 0.25) is 0 Å². The largest absolute Gasteiger partial charge is 0.624 e. The van der Waals surface area contributed by atoms with Crippen molar-refractivity contribution in [1.82, 2.24) is 0 Å². The first-order chi connectivity index (χ1) is 12.4. The van der Waals surface area contributed by atoms with Gasteiger partial charge in [0.25, 0.3) is 5.69 Å². The number of non-ortho nitro benzene ring substituents is 1. The van der Waals surface area contributed by atoms with Crippen LogP contribution in [0, 0.1) is 15.3 Å². The van der Waals surface area contributed by atoms with Gasteiger partial charge in [0.15, 0.2) is 18.9 Å². The molecule has 8 nitrogen and oxygen atoms in total. The minimum Gasteiger partial charge on any atom is -0.624 e. The quantitative estimate of drug-likeness (QED) is 0.179. The third-order valence-electron chi connectivity index (χ3n) is 3.29. The normalized spacial score (nSPS) is 12.3. The Morgan fingerprint density at radius 2 is 1.77 bits per heavy atom. The minimum absolute atomic E-state index is 0.0242. The first-order valence-corrected chi connectivity index (χ1v) is 7.82. The molecule has 26 heavy (non-hydrogen) atoms. The molecule has 2 aromatic rings. The van der Waals surface area contributed by atoms with Crippen molar-refractivity contribution in [2.75, 3.05) is 13.2 Å². The lowest BCUT2D eigenvalue weighted by molar-refractivity contribution is -0.464. The maximum Gasteiger partial charge on any atom is 0.303 e. The van der Waals surface area contributed by atoms with Crippen LogP contribution >= 0.6 is 0 Å². The van der Waals surface area contributed by atoms with Gasteiger partial charge in [0.1, 0.15) is 12.4 Å². The van der Waals surface area contributed by atoms with E-state index in [2.05, 4.69) is 0 Å². The zero-order valence-electron chi connectivity index (χ0n) is 14.1. The van der Waals surface area contributed by atoms with Crippen LogP contribution in [0.3, 0.4) is 0 Å². The number of hydroxylamine groups is 1. The molecule has 0 bridgehead atoms. The van der Waals surface area contributed by atoms with Crippen LogP contribution in [0.25, 0.3) is 0 Å². The second kappa shape index (κ2) is 9.16. The van der Waals surface area contributed by atoms with Gasteiger partial charge >= 0.3 is 5.97 Å². The molecule has 0 aliphatic rings. The van der Waals surface area contributed by atoms with Gasteiger partial charge < -0.3 is 14.7 Å². The molecule has 0 amide bonds. The highest BCUT2D eigenvalue weighted by Gasteiger charge is 2.18. The summed E-state index contributed by atoms with van der Waals surface area (Å²) in [7, 11) is 0. The molecule has 0 aliphatic heterocycles. The van der Waals surface area contributed by atoms with E-state index < -0.39 is 17.0 Å². The van der Waals surface area contributed by atoms with E-state index in [1.165, 1.54) is 37.4 Å². The van der Waals surface area contributed by atoms with Gasteiger partial charge in [-0.2, -0.15) is 0 Å². The lowest BCUT2D eigenvalue weighted by atomic mass is 10.2. The topological polar surface area (TPSA) is 105 Å². The van der Waals surface area contributed by atoms with Gasteiger partial charge in [-0.3, -0.25) is 14.9 Å². The molecular weight excluding hydrogens is 340 g/mol. The van der Waals surface area contributed by atoms with E-state index in [-0.39, 0.29) is 18.8 Å². The van der Waals surface area contributed by atoms with Gasteiger partial charge in [-0.05, 0) is 24.3 Å². The van der Waals surface area contributed by atoms with E-state index >= 15 is 0 Å². The van der Waals surface area contributed by atoms with E-state index in [4.69, 9.17) is 9.47 Å². The van der Waals surface area contributed by atoms with Crippen molar-refractivity contribution in [3.8, 4) is 5.75 Å². The fourth-order valence-corrected chi connectivity index (χ4v) is 2.17. The van der Waals surface area contributed by atoms with Crippen LogP contribution in [-0.4, -0.2) is 41.1 Å². The number of esters is 1. The van der Waals surface area contributed by atoms with E-state index in [1.807, 2.05) is 6.07 Å². The summed E-state index contributed by atoms with van der Waals surface area (Å²) in [5.74, 6) is 0.0804. The van der Waals surface area contributed by atoms with Gasteiger partial charge in [0.05, 0.1) is 4.92 Å². The molecular formula is C18H18N2O6. The van der Waals surface area contributed by atoms with Crippen molar-refractivity contribution < 1.29 is 23.9 Å². The summed E-state index contributed by atoms with van der Waals surface area (Å²) >= 11 is 0. The Kier molecular flexibility index (Phi) is 6.67. The second-order valence-electron chi connectivity index (χ2n) is 5.43. The number of benzene rings is 2. The molecule has 0 unspecified atom stereocenters. The van der Waals surface area contributed by atoms with E-state index in [0.29, 0.717) is 16.1 Å².